The maximum absolute atomic E-state index is 11.8. The number of hydrogen-bond acceptors (Lipinski definition) is 4. The molecule has 0 aliphatic rings. The molecule has 0 fully saturated rings. The first kappa shape index (κ1) is 17.4. The molecule has 0 aliphatic carbocycles. The summed E-state index contributed by atoms with van der Waals surface area (Å²) in [6, 6.07) is 0. The molecule has 0 aliphatic heterocycles. The average molecular weight is 314 g/mol. The third-order valence-corrected chi connectivity index (χ3v) is 3.49. The lowest BCUT2D eigenvalue weighted by Crippen LogP contribution is -2.28. The molecule has 1 atom stereocenters. The first-order valence-electron chi connectivity index (χ1n) is 6.87. The lowest BCUT2D eigenvalue weighted by molar-refractivity contribution is -0.137. The van der Waals surface area contributed by atoms with Crippen molar-refractivity contribution in [2.45, 2.75) is 33.1 Å². The molecular weight excluding hydrogens is 294 g/mol. The van der Waals surface area contributed by atoms with Crippen LogP contribution in [0.3, 0.4) is 0 Å². The van der Waals surface area contributed by atoms with Crippen LogP contribution in [0.5, 0.6) is 0 Å². The molecule has 1 unspecified atom stereocenters. The number of nitrogens with one attached hydrogen (secondary N) is 1. The minimum absolute atomic E-state index is 0.149. The minimum Gasteiger partial charge on any atom is -0.481 e. The van der Waals surface area contributed by atoms with E-state index in [0.29, 0.717) is 18.9 Å². The van der Waals surface area contributed by atoms with Gasteiger partial charge in [-0.3, -0.25) is 14.6 Å². The highest BCUT2D eigenvalue weighted by molar-refractivity contribution is 6.29. The molecule has 116 valence electrons. The number of carbonyl (C=O) groups is 2. The standard InChI is InChI=1S/C14H20ClN3O3/c1-9(2)10(3-4-13(19)20)5-6-17-14(21)11-7-16-8-12(15)18-11/h7-10H,3-6H2,1-2H3,(H,17,21)(H,19,20). The summed E-state index contributed by atoms with van der Waals surface area (Å²) in [7, 11) is 0. The van der Waals surface area contributed by atoms with E-state index in [-0.39, 0.29) is 29.1 Å². The molecule has 1 aromatic heterocycles. The summed E-state index contributed by atoms with van der Waals surface area (Å²) < 4.78 is 0. The van der Waals surface area contributed by atoms with E-state index in [2.05, 4.69) is 29.1 Å². The van der Waals surface area contributed by atoms with E-state index >= 15 is 0 Å². The zero-order chi connectivity index (χ0) is 15.8. The summed E-state index contributed by atoms with van der Waals surface area (Å²) in [5, 5.41) is 11.7. The van der Waals surface area contributed by atoms with Gasteiger partial charge in [-0.25, -0.2) is 4.98 Å². The van der Waals surface area contributed by atoms with Crippen LogP contribution in [-0.2, 0) is 4.79 Å². The molecule has 1 amide bonds. The van der Waals surface area contributed by atoms with Crippen LogP contribution in [0, 0.1) is 11.8 Å². The van der Waals surface area contributed by atoms with Gasteiger partial charge in [-0.2, -0.15) is 0 Å². The second kappa shape index (κ2) is 8.56. The van der Waals surface area contributed by atoms with Crippen LogP contribution in [-0.4, -0.2) is 33.5 Å². The number of nitrogens with zero attached hydrogens (tertiary/aromatic N) is 2. The van der Waals surface area contributed by atoms with Crippen molar-refractivity contribution in [3.05, 3.63) is 23.2 Å². The highest BCUT2D eigenvalue weighted by Gasteiger charge is 2.16. The summed E-state index contributed by atoms with van der Waals surface area (Å²) >= 11 is 5.68. The van der Waals surface area contributed by atoms with Gasteiger partial charge in [0, 0.05) is 13.0 Å². The molecule has 0 saturated heterocycles. The number of rotatable bonds is 8. The molecule has 0 aromatic carbocycles. The molecule has 1 heterocycles. The Bertz CT molecular complexity index is 494. The zero-order valence-corrected chi connectivity index (χ0v) is 12.9. The number of aliphatic carboxylic acids is 1. The van der Waals surface area contributed by atoms with Crippen LogP contribution >= 0.6 is 11.6 Å². The number of aromatic nitrogens is 2. The normalized spacial score (nSPS) is 12.2. The minimum atomic E-state index is -0.793. The van der Waals surface area contributed by atoms with E-state index in [0.717, 1.165) is 6.42 Å². The van der Waals surface area contributed by atoms with Gasteiger partial charge in [0.2, 0.25) is 0 Å². The Hall–Kier alpha value is -1.69. The van der Waals surface area contributed by atoms with Gasteiger partial charge in [-0.15, -0.1) is 0 Å². The molecule has 0 saturated carbocycles. The maximum Gasteiger partial charge on any atom is 0.303 e. The Morgan fingerprint density at radius 3 is 2.62 bits per heavy atom. The Balaban J connectivity index is 2.43. The molecule has 7 heteroatoms. The van der Waals surface area contributed by atoms with Gasteiger partial charge in [0.25, 0.3) is 5.91 Å². The van der Waals surface area contributed by atoms with Crippen LogP contribution in [0.1, 0.15) is 43.6 Å². The monoisotopic (exact) mass is 313 g/mol. The number of carboxylic acids is 1. The molecule has 0 spiro atoms. The molecule has 1 rings (SSSR count). The van der Waals surface area contributed by atoms with E-state index in [1.165, 1.54) is 12.4 Å². The summed E-state index contributed by atoms with van der Waals surface area (Å²) in [6.45, 7) is 4.57. The molecule has 21 heavy (non-hydrogen) atoms. The zero-order valence-electron chi connectivity index (χ0n) is 12.2. The van der Waals surface area contributed by atoms with E-state index in [4.69, 9.17) is 16.7 Å². The first-order chi connectivity index (χ1) is 9.90. The van der Waals surface area contributed by atoms with Crippen molar-refractivity contribution in [1.29, 1.82) is 0 Å². The first-order valence-corrected chi connectivity index (χ1v) is 7.25. The Morgan fingerprint density at radius 1 is 1.33 bits per heavy atom. The van der Waals surface area contributed by atoms with Gasteiger partial charge in [0.05, 0.1) is 12.4 Å². The van der Waals surface area contributed by atoms with Gasteiger partial charge in [0.15, 0.2) is 0 Å². The van der Waals surface area contributed by atoms with Crippen molar-refractivity contribution < 1.29 is 14.7 Å². The third kappa shape index (κ3) is 6.53. The number of carbonyl (C=O) groups excluding carboxylic acids is 1. The van der Waals surface area contributed by atoms with Gasteiger partial charge in [-0.1, -0.05) is 25.4 Å². The highest BCUT2D eigenvalue weighted by atomic mass is 35.5. The van der Waals surface area contributed by atoms with Gasteiger partial charge < -0.3 is 10.4 Å². The summed E-state index contributed by atoms with van der Waals surface area (Å²) in [6.07, 6.45) is 4.20. The van der Waals surface area contributed by atoms with E-state index in [1.54, 1.807) is 0 Å². The fourth-order valence-corrected chi connectivity index (χ4v) is 2.18. The second-order valence-corrected chi connectivity index (χ2v) is 5.60. The topological polar surface area (TPSA) is 92.2 Å². The number of carboxylic acid groups (broad SMARTS) is 1. The third-order valence-electron chi connectivity index (χ3n) is 3.31. The lowest BCUT2D eigenvalue weighted by atomic mass is 9.88. The van der Waals surface area contributed by atoms with E-state index in [9.17, 15) is 9.59 Å². The predicted octanol–water partition coefficient (Wildman–Crippen LogP) is 2.39. The van der Waals surface area contributed by atoms with E-state index < -0.39 is 5.97 Å². The lowest BCUT2D eigenvalue weighted by Gasteiger charge is -2.20. The van der Waals surface area contributed by atoms with Crippen LogP contribution in [0.15, 0.2) is 12.4 Å². The van der Waals surface area contributed by atoms with Crippen LogP contribution < -0.4 is 5.32 Å². The number of halogens is 1. The molecular formula is C14H20ClN3O3. The fourth-order valence-electron chi connectivity index (χ4n) is 2.03. The number of amides is 1. The summed E-state index contributed by atoms with van der Waals surface area (Å²) in [4.78, 5) is 30.2. The van der Waals surface area contributed by atoms with Crippen molar-refractivity contribution in [1.82, 2.24) is 15.3 Å². The maximum atomic E-state index is 11.8. The van der Waals surface area contributed by atoms with Crippen molar-refractivity contribution in [2.75, 3.05) is 6.54 Å². The molecule has 0 bridgehead atoms. The molecule has 1 aromatic rings. The van der Waals surface area contributed by atoms with Crippen molar-refractivity contribution >= 4 is 23.5 Å². The quantitative estimate of drug-likeness (QED) is 0.768. The summed E-state index contributed by atoms with van der Waals surface area (Å²) in [5.74, 6) is -0.497. The van der Waals surface area contributed by atoms with Crippen molar-refractivity contribution in [3.63, 3.8) is 0 Å². The second-order valence-electron chi connectivity index (χ2n) is 5.21. The van der Waals surface area contributed by atoms with Crippen LogP contribution in [0.2, 0.25) is 5.15 Å². The van der Waals surface area contributed by atoms with Crippen LogP contribution in [0.4, 0.5) is 0 Å². The van der Waals surface area contributed by atoms with Gasteiger partial charge in [0.1, 0.15) is 10.8 Å². The van der Waals surface area contributed by atoms with Crippen LogP contribution in [0.25, 0.3) is 0 Å². The van der Waals surface area contributed by atoms with Crippen molar-refractivity contribution in [2.24, 2.45) is 11.8 Å². The average Bonchev–Trinajstić information content (AvgIpc) is 2.41. The number of hydrogen-bond donors (Lipinski definition) is 2. The Morgan fingerprint density at radius 2 is 2.05 bits per heavy atom. The SMILES string of the molecule is CC(C)C(CCNC(=O)c1cncc(Cl)n1)CCC(=O)O. The van der Waals surface area contributed by atoms with Crippen molar-refractivity contribution in [3.8, 4) is 0 Å². The fraction of sp³-hybridized carbons (Fsp3) is 0.571. The Kier molecular flexibility index (Phi) is 7.08. The predicted molar refractivity (Wildman–Crippen MR) is 79.2 cm³/mol. The molecule has 0 radical (unpaired) electrons. The Labute approximate surface area is 128 Å². The molecule has 2 N–H and O–H groups in total. The van der Waals surface area contributed by atoms with Gasteiger partial charge >= 0.3 is 5.97 Å². The van der Waals surface area contributed by atoms with E-state index in [1.807, 2.05) is 0 Å². The molecule has 6 nitrogen and oxygen atoms in total. The summed E-state index contributed by atoms with van der Waals surface area (Å²) in [5.41, 5.74) is 0.175. The van der Waals surface area contributed by atoms with Gasteiger partial charge in [-0.05, 0) is 24.7 Å². The largest absolute Gasteiger partial charge is 0.481 e. The smallest absolute Gasteiger partial charge is 0.303 e. The highest BCUT2D eigenvalue weighted by Crippen LogP contribution is 2.20.